The van der Waals surface area contributed by atoms with Crippen LogP contribution < -0.4 is 10.1 Å². The van der Waals surface area contributed by atoms with Gasteiger partial charge in [0.2, 0.25) is 0 Å². The van der Waals surface area contributed by atoms with Gasteiger partial charge in [-0.05, 0) is 72.7 Å². The Kier molecular flexibility index (Phi) is 8.32. The Hall–Kier alpha value is -5.48. The lowest BCUT2D eigenvalue weighted by Gasteiger charge is -2.13. The molecule has 0 aliphatic carbocycles. The van der Waals surface area contributed by atoms with Crippen molar-refractivity contribution < 1.29 is 13.9 Å². The summed E-state index contributed by atoms with van der Waals surface area (Å²) in [6.07, 6.45) is 3.36. The lowest BCUT2D eigenvalue weighted by atomic mass is 10.0. The quantitative estimate of drug-likeness (QED) is 0.160. The van der Waals surface area contributed by atoms with E-state index in [2.05, 4.69) is 5.32 Å². The third-order valence-electron chi connectivity index (χ3n) is 6.52. The summed E-state index contributed by atoms with van der Waals surface area (Å²) in [5.41, 5.74) is 4.62. The number of amides is 1. The molecule has 41 heavy (non-hydrogen) atoms. The summed E-state index contributed by atoms with van der Waals surface area (Å²) in [7, 11) is 0. The van der Waals surface area contributed by atoms with Crippen LogP contribution in [0.3, 0.4) is 0 Å². The van der Waals surface area contributed by atoms with Crippen LogP contribution in [0.1, 0.15) is 29.7 Å². The fourth-order valence-corrected chi connectivity index (χ4v) is 4.29. The van der Waals surface area contributed by atoms with E-state index >= 15 is 0 Å². The topological polar surface area (TPSA) is 79.9 Å². The first-order valence-electron chi connectivity index (χ1n) is 13.1. The highest BCUT2D eigenvalue weighted by molar-refractivity contribution is 6.02. The van der Waals surface area contributed by atoms with Gasteiger partial charge in [0.15, 0.2) is 0 Å². The van der Waals surface area contributed by atoms with Gasteiger partial charge >= 0.3 is 0 Å². The molecule has 0 saturated heterocycles. The first-order valence-corrected chi connectivity index (χ1v) is 13.1. The molecule has 1 aromatic heterocycles. The molecule has 202 valence electrons. The van der Waals surface area contributed by atoms with E-state index in [1.807, 2.05) is 97.9 Å². The minimum atomic E-state index is -0.466. The summed E-state index contributed by atoms with van der Waals surface area (Å²) in [6, 6.07) is 34.5. The lowest BCUT2D eigenvalue weighted by Crippen LogP contribution is -2.27. The normalized spacial score (nSPS) is 11.9. The third kappa shape index (κ3) is 6.75. The summed E-state index contributed by atoms with van der Waals surface area (Å²) >= 11 is 0. The van der Waals surface area contributed by atoms with Crippen LogP contribution in [0.25, 0.3) is 23.0 Å². The number of ether oxygens (including phenoxy) is 1. The number of carbonyl (C=O) groups is 1. The summed E-state index contributed by atoms with van der Waals surface area (Å²) in [5.74, 6) is -0.114. The number of nitrogens with zero attached hydrogens (tertiary/aromatic N) is 3. The maximum Gasteiger partial charge on any atom is 0.262 e. The molecule has 5 rings (SSSR count). The molecular weight excluding hydrogens is 515 g/mol. The molecule has 4 aromatic carbocycles. The fourth-order valence-electron chi connectivity index (χ4n) is 4.29. The van der Waals surface area contributed by atoms with Gasteiger partial charge in [0.05, 0.1) is 17.4 Å². The van der Waals surface area contributed by atoms with E-state index in [4.69, 9.17) is 9.84 Å². The maximum absolute atomic E-state index is 13.2. The SMILES string of the molecule is C[C@@H](NC(=O)/C(C#N)=C/c1cn(-c2ccccc2)nc1-c1ccc(OCc2ccc(F)cc2)cc1)c1ccccc1. The second kappa shape index (κ2) is 12.6. The van der Waals surface area contributed by atoms with E-state index in [1.54, 1.807) is 29.1 Å². The van der Waals surface area contributed by atoms with Crippen LogP contribution in [0, 0.1) is 17.1 Å². The average molecular weight is 543 g/mol. The van der Waals surface area contributed by atoms with Crippen LogP contribution in [-0.4, -0.2) is 15.7 Å². The predicted octanol–water partition coefficient (Wildman–Crippen LogP) is 7.04. The number of benzene rings is 4. The highest BCUT2D eigenvalue weighted by Gasteiger charge is 2.17. The van der Waals surface area contributed by atoms with Crippen LogP contribution in [0.15, 0.2) is 121 Å². The van der Waals surface area contributed by atoms with Gasteiger partial charge in [0, 0.05) is 17.3 Å². The molecular formula is C34H27FN4O2. The Morgan fingerprint density at radius 2 is 1.63 bits per heavy atom. The number of nitrogens with one attached hydrogen (secondary N) is 1. The number of carbonyl (C=O) groups excluding carboxylic acids is 1. The number of hydrogen-bond acceptors (Lipinski definition) is 4. The first-order chi connectivity index (χ1) is 20.0. The Morgan fingerprint density at radius 1 is 0.976 bits per heavy atom. The van der Waals surface area contributed by atoms with Gasteiger partial charge in [-0.15, -0.1) is 0 Å². The zero-order chi connectivity index (χ0) is 28.6. The van der Waals surface area contributed by atoms with Gasteiger partial charge in [-0.1, -0.05) is 60.7 Å². The number of nitriles is 1. The maximum atomic E-state index is 13.2. The Balaban J connectivity index is 1.42. The highest BCUT2D eigenvalue weighted by Crippen LogP contribution is 2.28. The Labute approximate surface area is 238 Å². The van der Waals surface area contributed by atoms with Crippen molar-refractivity contribution in [2.75, 3.05) is 0 Å². The van der Waals surface area contributed by atoms with E-state index in [1.165, 1.54) is 12.1 Å². The number of hydrogen-bond donors (Lipinski definition) is 1. The third-order valence-corrected chi connectivity index (χ3v) is 6.52. The van der Waals surface area contributed by atoms with Gasteiger partial charge in [0.1, 0.15) is 29.8 Å². The lowest BCUT2D eigenvalue weighted by molar-refractivity contribution is -0.117. The molecule has 1 heterocycles. The average Bonchev–Trinajstić information content (AvgIpc) is 3.44. The summed E-state index contributed by atoms with van der Waals surface area (Å²) in [5, 5.41) is 17.6. The molecule has 1 N–H and O–H groups in total. The molecule has 1 amide bonds. The van der Waals surface area contributed by atoms with Crippen molar-refractivity contribution >= 4 is 12.0 Å². The molecule has 0 aliphatic heterocycles. The smallest absolute Gasteiger partial charge is 0.262 e. The van der Waals surface area contributed by atoms with Gasteiger partial charge in [0.25, 0.3) is 5.91 Å². The molecule has 0 radical (unpaired) electrons. The van der Waals surface area contributed by atoms with Crippen LogP contribution in [-0.2, 0) is 11.4 Å². The largest absolute Gasteiger partial charge is 0.489 e. The predicted molar refractivity (Wildman–Crippen MR) is 156 cm³/mol. The Morgan fingerprint density at radius 3 is 2.29 bits per heavy atom. The van der Waals surface area contributed by atoms with Crippen molar-refractivity contribution in [2.45, 2.75) is 19.6 Å². The Bertz CT molecular complexity index is 1690. The highest BCUT2D eigenvalue weighted by atomic mass is 19.1. The summed E-state index contributed by atoms with van der Waals surface area (Å²) < 4.78 is 20.8. The molecule has 0 fully saturated rings. The van der Waals surface area contributed by atoms with Crippen LogP contribution in [0.5, 0.6) is 5.75 Å². The van der Waals surface area contributed by atoms with Crippen molar-refractivity contribution in [3.05, 3.63) is 143 Å². The van der Waals surface area contributed by atoms with E-state index in [0.29, 0.717) is 23.6 Å². The number of rotatable bonds is 9. The minimum Gasteiger partial charge on any atom is -0.489 e. The van der Waals surface area contributed by atoms with Crippen molar-refractivity contribution in [1.29, 1.82) is 5.26 Å². The van der Waals surface area contributed by atoms with E-state index in [-0.39, 0.29) is 17.4 Å². The van der Waals surface area contributed by atoms with Gasteiger partial charge in [-0.2, -0.15) is 10.4 Å². The molecule has 0 spiro atoms. The van der Waals surface area contributed by atoms with Gasteiger partial charge in [-0.3, -0.25) is 4.79 Å². The number of para-hydroxylation sites is 1. The van der Waals surface area contributed by atoms with Gasteiger partial charge < -0.3 is 10.1 Å². The van der Waals surface area contributed by atoms with Gasteiger partial charge in [-0.25, -0.2) is 9.07 Å². The zero-order valence-corrected chi connectivity index (χ0v) is 22.4. The van der Waals surface area contributed by atoms with Crippen molar-refractivity contribution in [2.24, 2.45) is 0 Å². The monoisotopic (exact) mass is 542 g/mol. The fraction of sp³-hybridized carbons (Fsp3) is 0.0882. The van der Waals surface area contributed by atoms with Crippen molar-refractivity contribution in [3.63, 3.8) is 0 Å². The molecule has 6 nitrogen and oxygen atoms in total. The van der Waals surface area contributed by atoms with Crippen molar-refractivity contribution in [3.8, 4) is 28.8 Å². The molecule has 0 bridgehead atoms. The molecule has 0 saturated carbocycles. The molecule has 0 aliphatic rings. The zero-order valence-electron chi connectivity index (χ0n) is 22.4. The summed E-state index contributed by atoms with van der Waals surface area (Å²) in [4.78, 5) is 13.1. The van der Waals surface area contributed by atoms with Crippen molar-refractivity contribution in [1.82, 2.24) is 15.1 Å². The molecule has 1 atom stereocenters. The van der Waals surface area contributed by atoms with Crippen LogP contribution in [0.4, 0.5) is 4.39 Å². The second-order valence-corrected chi connectivity index (χ2v) is 9.43. The van der Waals surface area contributed by atoms with E-state index < -0.39 is 5.91 Å². The number of halogens is 1. The van der Waals surface area contributed by atoms with E-state index in [0.717, 1.165) is 22.4 Å². The number of aromatic nitrogens is 2. The minimum absolute atomic E-state index is 0.0269. The second-order valence-electron chi connectivity index (χ2n) is 9.43. The molecule has 0 unspecified atom stereocenters. The first kappa shape index (κ1) is 27.1. The van der Waals surface area contributed by atoms with Crippen LogP contribution in [0.2, 0.25) is 0 Å². The molecule has 5 aromatic rings. The standard InChI is InChI=1S/C34H27FN4O2/c1-24(26-8-4-2-5-9-26)37-34(40)28(21-36)20-29-22-39(31-10-6-3-7-11-31)38-33(29)27-14-18-32(19-15-27)41-23-25-12-16-30(35)17-13-25/h2-20,22,24H,23H2,1H3,(H,37,40)/b28-20+/t24-/m1/s1. The van der Waals surface area contributed by atoms with Crippen LogP contribution >= 0.6 is 0 Å². The van der Waals surface area contributed by atoms with E-state index in [9.17, 15) is 14.4 Å². The molecule has 7 heteroatoms. The summed E-state index contributed by atoms with van der Waals surface area (Å²) in [6.45, 7) is 2.18.